The van der Waals surface area contributed by atoms with Crippen LogP contribution < -0.4 is 5.32 Å². The third kappa shape index (κ3) is 7.42. The van der Waals surface area contributed by atoms with Crippen molar-refractivity contribution in [1.29, 1.82) is 0 Å². The fourth-order valence-corrected chi connectivity index (χ4v) is 3.55. The molecule has 6 heteroatoms. The number of carbonyl (C=O) groups is 3. The van der Waals surface area contributed by atoms with Crippen LogP contribution >= 0.6 is 11.8 Å². The van der Waals surface area contributed by atoms with Gasteiger partial charge < -0.3 is 10.1 Å². The molecule has 0 aliphatic rings. The standard InChI is InChI=1S/C25H23NO4S/c1-18-7-9-19(10-8-18)23(27)17-30-25(29)16-15-24(28)26-20-11-13-22(14-12-20)31-21-5-3-2-4-6-21/h2-14H,15-17H2,1H3,(H,26,28). The topological polar surface area (TPSA) is 72.5 Å². The van der Waals surface area contributed by atoms with E-state index in [1.807, 2.05) is 73.7 Å². The first-order valence-corrected chi connectivity index (χ1v) is 10.7. The van der Waals surface area contributed by atoms with E-state index < -0.39 is 5.97 Å². The van der Waals surface area contributed by atoms with Gasteiger partial charge in [-0.15, -0.1) is 0 Å². The van der Waals surface area contributed by atoms with E-state index in [4.69, 9.17) is 4.74 Å². The number of nitrogens with one attached hydrogen (secondary N) is 1. The van der Waals surface area contributed by atoms with Gasteiger partial charge >= 0.3 is 5.97 Å². The highest BCUT2D eigenvalue weighted by Crippen LogP contribution is 2.28. The fraction of sp³-hybridized carbons (Fsp3) is 0.160. The lowest BCUT2D eigenvalue weighted by atomic mass is 10.1. The minimum atomic E-state index is -0.578. The Kier molecular flexibility index (Phi) is 8.01. The summed E-state index contributed by atoms with van der Waals surface area (Å²) in [6.07, 6.45) is -0.104. The summed E-state index contributed by atoms with van der Waals surface area (Å²) in [7, 11) is 0. The first kappa shape index (κ1) is 22.3. The van der Waals surface area contributed by atoms with E-state index in [-0.39, 0.29) is 31.1 Å². The lowest BCUT2D eigenvalue weighted by molar-refractivity contribution is -0.143. The molecule has 0 unspecified atom stereocenters. The highest BCUT2D eigenvalue weighted by Gasteiger charge is 2.12. The Hall–Kier alpha value is -3.38. The van der Waals surface area contributed by atoms with Gasteiger partial charge in [-0.25, -0.2) is 0 Å². The van der Waals surface area contributed by atoms with Gasteiger partial charge in [-0.1, -0.05) is 59.8 Å². The number of hydrogen-bond acceptors (Lipinski definition) is 5. The molecule has 158 valence electrons. The van der Waals surface area contributed by atoms with Crippen molar-refractivity contribution in [3.8, 4) is 0 Å². The first-order chi connectivity index (χ1) is 15.0. The smallest absolute Gasteiger partial charge is 0.306 e. The molecule has 1 amide bonds. The fourth-order valence-electron chi connectivity index (χ4n) is 2.71. The molecule has 0 saturated heterocycles. The minimum absolute atomic E-state index is 0.0158. The predicted molar refractivity (Wildman–Crippen MR) is 121 cm³/mol. The molecule has 0 heterocycles. The molecule has 3 rings (SSSR count). The molecule has 31 heavy (non-hydrogen) atoms. The number of ketones is 1. The van der Waals surface area contributed by atoms with Crippen molar-refractivity contribution in [3.05, 3.63) is 90.0 Å². The van der Waals surface area contributed by atoms with E-state index in [1.165, 1.54) is 0 Å². The second kappa shape index (κ2) is 11.1. The van der Waals surface area contributed by atoms with Crippen LogP contribution in [-0.2, 0) is 14.3 Å². The van der Waals surface area contributed by atoms with E-state index >= 15 is 0 Å². The summed E-state index contributed by atoms with van der Waals surface area (Å²) in [5.74, 6) is -1.14. The Balaban J connectivity index is 1.38. The first-order valence-electron chi connectivity index (χ1n) is 9.88. The molecule has 5 nitrogen and oxygen atoms in total. The molecule has 3 aromatic carbocycles. The second-order valence-electron chi connectivity index (χ2n) is 6.94. The maximum absolute atomic E-state index is 12.1. The van der Waals surface area contributed by atoms with Crippen LogP contribution in [0.3, 0.4) is 0 Å². The van der Waals surface area contributed by atoms with Gasteiger partial charge in [-0.3, -0.25) is 14.4 Å². The zero-order valence-electron chi connectivity index (χ0n) is 17.2. The summed E-state index contributed by atoms with van der Waals surface area (Å²) in [5, 5.41) is 2.76. The van der Waals surface area contributed by atoms with E-state index in [0.717, 1.165) is 15.4 Å². The van der Waals surface area contributed by atoms with Gasteiger partial charge in [0, 0.05) is 27.5 Å². The number of ether oxygens (including phenoxy) is 1. The molecule has 0 fully saturated rings. The SMILES string of the molecule is Cc1ccc(C(=O)COC(=O)CCC(=O)Nc2ccc(Sc3ccccc3)cc2)cc1. The van der Waals surface area contributed by atoms with Gasteiger partial charge in [0.1, 0.15) is 0 Å². The Morgan fingerprint density at radius 2 is 1.45 bits per heavy atom. The van der Waals surface area contributed by atoms with Gasteiger partial charge in [-0.05, 0) is 43.3 Å². The summed E-state index contributed by atoms with van der Waals surface area (Å²) < 4.78 is 4.99. The van der Waals surface area contributed by atoms with Crippen molar-refractivity contribution in [2.75, 3.05) is 11.9 Å². The number of aryl methyl sites for hydroxylation is 1. The molecular weight excluding hydrogens is 410 g/mol. The number of esters is 1. The van der Waals surface area contributed by atoms with Crippen molar-refractivity contribution in [1.82, 2.24) is 0 Å². The molecular formula is C25H23NO4S. The third-order valence-corrected chi connectivity index (χ3v) is 5.43. The van der Waals surface area contributed by atoms with Gasteiger partial charge in [0.05, 0.1) is 6.42 Å². The van der Waals surface area contributed by atoms with Gasteiger partial charge in [0.2, 0.25) is 5.91 Å². The van der Waals surface area contributed by atoms with E-state index in [1.54, 1.807) is 23.9 Å². The summed E-state index contributed by atoms with van der Waals surface area (Å²) in [6.45, 7) is 1.60. The highest BCUT2D eigenvalue weighted by atomic mass is 32.2. The van der Waals surface area contributed by atoms with Crippen LogP contribution in [0.25, 0.3) is 0 Å². The second-order valence-corrected chi connectivity index (χ2v) is 8.08. The zero-order chi connectivity index (χ0) is 22.1. The number of anilines is 1. The lowest BCUT2D eigenvalue weighted by Gasteiger charge is -2.07. The number of amides is 1. The van der Waals surface area contributed by atoms with Crippen LogP contribution in [0.2, 0.25) is 0 Å². The van der Waals surface area contributed by atoms with Crippen LogP contribution in [0.5, 0.6) is 0 Å². The highest BCUT2D eigenvalue weighted by molar-refractivity contribution is 7.99. The number of carbonyl (C=O) groups excluding carboxylic acids is 3. The molecule has 0 bridgehead atoms. The summed E-state index contributed by atoms with van der Waals surface area (Å²) in [6, 6.07) is 24.6. The molecule has 0 atom stereocenters. The van der Waals surface area contributed by atoms with Crippen molar-refractivity contribution >= 4 is 35.1 Å². The molecule has 3 aromatic rings. The zero-order valence-corrected chi connectivity index (χ0v) is 18.0. The molecule has 0 spiro atoms. The maximum Gasteiger partial charge on any atom is 0.306 e. The molecule has 0 radical (unpaired) electrons. The Morgan fingerprint density at radius 3 is 2.13 bits per heavy atom. The summed E-state index contributed by atoms with van der Waals surface area (Å²) in [5.41, 5.74) is 2.19. The average molecular weight is 434 g/mol. The number of benzene rings is 3. The van der Waals surface area contributed by atoms with Crippen LogP contribution in [0.4, 0.5) is 5.69 Å². The Morgan fingerprint density at radius 1 is 0.806 bits per heavy atom. The van der Waals surface area contributed by atoms with Crippen LogP contribution in [-0.4, -0.2) is 24.3 Å². The van der Waals surface area contributed by atoms with E-state index in [0.29, 0.717) is 11.3 Å². The molecule has 1 N–H and O–H groups in total. The van der Waals surface area contributed by atoms with Crippen molar-refractivity contribution < 1.29 is 19.1 Å². The molecule has 0 aromatic heterocycles. The number of rotatable bonds is 9. The van der Waals surface area contributed by atoms with Crippen LogP contribution in [0.1, 0.15) is 28.8 Å². The van der Waals surface area contributed by atoms with Crippen molar-refractivity contribution in [3.63, 3.8) is 0 Å². The Bertz CT molecular complexity index is 1030. The van der Waals surface area contributed by atoms with Crippen molar-refractivity contribution in [2.24, 2.45) is 0 Å². The normalized spacial score (nSPS) is 10.4. The van der Waals surface area contributed by atoms with Crippen LogP contribution in [0.15, 0.2) is 88.7 Å². The Labute approximate surface area is 185 Å². The van der Waals surface area contributed by atoms with Crippen LogP contribution in [0, 0.1) is 6.92 Å². The third-order valence-electron chi connectivity index (χ3n) is 4.41. The maximum atomic E-state index is 12.1. The molecule has 0 aliphatic heterocycles. The predicted octanol–water partition coefficient (Wildman–Crippen LogP) is 5.29. The average Bonchev–Trinajstić information content (AvgIpc) is 2.78. The monoisotopic (exact) mass is 433 g/mol. The minimum Gasteiger partial charge on any atom is -0.457 e. The number of hydrogen-bond donors (Lipinski definition) is 1. The lowest BCUT2D eigenvalue weighted by Crippen LogP contribution is -2.17. The van der Waals surface area contributed by atoms with Gasteiger partial charge in [0.25, 0.3) is 0 Å². The largest absolute Gasteiger partial charge is 0.457 e. The van der Waals surface area contributed by atoms with E-state index in [9.17, 15) is 14.4 Å². The molecule has 0 saturated carbocycles. The summed E-state index contributed by atoms with van der Waals surface area (Å²) >= 11 is 1.63. The van der Waals surface area contributed by atoms with E-state index in [2.05, 4.69) is 5.32 Å². The van der Waals surface area contributed by atoms with Crippen molar-refractivity contribution in [2.45, 2.75) is 29.6 Å². The van der Waals surface area contributed by atoms with Gasteiger partial charge in [-0.2, -0.15) is 0 Å². The quantitative estimate of drug-likeness (QED) is 0.367. The number of Topliss-reactive ketones (excluding diaryl/α,β-unsaturated/α-hetero) is 1. The van der Waals surface area contributed by atoms with Gasteiger partial charge in [0.15, 0.2) is 12.4 Å². The molecule has 0 aliphatic carbocycles. The summed E-state index contributed by atoms with van der Waals surface area (Å²) in [4.78, 5) is 38.2.